The lowest BCUT2D eigenvalue weighted by Gasteiger charge is -2.05. The minimum absolute atomic E-state index is 0.522. The second kappa shape index (κ2) is 7.99. The fourth-order valence-corrected chi connectivity index (χ4v) is 3.65. The molecule has 0 spiro atoms. The van der Waals surface area contributed by atoms with Crippen molar-refractivity contribution in [2.24, 2.45) is 4.99 Å². The maximum Gasteiger partial charge on any atom is 0.0654 e. The van der Waals surface area contributed by atoms with Crippen LogP contribution in [0.4, 0.5) is 0 Å². The van der Waals surface area contributed by atoms with E-state index in [-0.39, 0.29) is 0 Å². The second-order valence-corrected chi connectivity index (χ2v) is 7.26. The molecule has 3 aromatic carbocycles. The van der Waals surface area contributed by atoms with Crippen molar-refractivity contribution in [1.29, 1.82) is 0 Å². The van der Waals surface area contributed by atoms with Crippen LogP contribution in [0.1, 0.15) is 16.7 Å². The van der Waals surface area contributed by atoms with Crippen LogP contribution in [0.15, 0.2) is 84.0 Å². The zero-order valence-corrected chi connectivity index (χ0v) is 16.2. The van der Waals surface area contributed by atoms with E-state index in [9.17, 15) is 0 Å². The number of nitrogens with zero attached hydrogens (tertiary/aromatic N) is 2. The molecule has 4 rings (SSSR count). The van der Waals surface area contributed by atoms with Gasteiger partial charge in [0.15, 0.2) is 0 Å². The summed E-state index contributed by atoms with van der Waals surface area (Å²) in [4.78, 5) is 4.61. The van der Waals surface area contributed by atoms with E-state index in [0.29, 0.717) is 16.6 Å². The van der Waals surface area contributed by atoms with Crippen molar-refractivity contribution in [1.82, 2.24) is 4.57 Å². The summed E-state index contributed by atoms with van der Waals surface area (Å²) in [7, 11) is 0. The smallest absolute Gasteiger partial charge is 0.0654 e. The van der Waals surface area contributed by atoms with Gasteiger partial charge >= 0.3 is 0 Å². The summed E-state index contributed by atoms with van der Waals surface area (Å²) < 4.78 is 2.27. The van der Waals surface area contributed by atoms with Crippen LogP contribution in [0.5, 0.6) is 0 Å². The monoisotopic (exact) mass is 392 g/mol. The highest BCUT2D eigenvalue weighted by atomic mass is 35.5. The molecule has 0 fully saturated rings. The Morgan fingerprint density at radius 3 is 2.48 bits per heavy atom. The first-order valence-corrected chi connectivity index (χ1v) is 9.52. The molecule has 0 saturated heterocycles. The Bertz CT molecular complexity index is 1100. The number of aromatic nitrogens is 1. The van der Waals surface area contributed by atoms with Crippen LogP contribution in [-0.2, 0) is 13.1 Å². The van der Waals surface area contributed by atoms with E-state index in [1.165, 1.54) is 16.5 Å². The lowest BCUT2D eigenvalue weighted by atomic mass is 10.2. The zero-order chi connectivity index (χ0) is 18.6. The van der Waals surface area contributed by atoms with Crippen LogP contribution in [0.25, 0.3) is 10.9 Å². The van der Waals surface area contributed by atoms with Crippen molar-refractivity contribution in [3.63, 3.8) is 0 Å². The fraction of sp³-hybridized carbons (Fsp3) is 0.0870. The Balaban J connectivity index is 1.62. The van der Waals surface area contributed by atoms with Gasteiger partial charge in [-0.1, -0.05) is 77.8 Å². The first-order chi connectivity index (χ1) is 13.2. The predicted molar refractivity (Wildman–Crippen MR) is 115 cm³/mol. The van der Waals surface area contributed by atoms with Crippen molar-refractivity contribution >= 4 is 40.3 Å². The Labute approximate surface area is 168 Å². The van der Waals surface area contributed by atoms with Gasteiger partial charge in [0, 0.05) is 45.5 Å². The topological polar surface area (TPSA) is 17.3 Å². The van der Waals surface area contributed by atoms with E-state index in [1.54, 1.807) is 6.07 Å². The lowest BCUT2D eigenvalue weighted by molar-refractivity contribution is 0.836. The van der Waals surface area contributed by atoms with Crippen LogP contribution in [0.3, 0.4) is 0 Å². The Morgan fingerprint density at radius 1 is 0.889 bits per heavy atom. The molecule has 0 atom stereocenters. The highest BCUT2D eigenvalue weighted by Crippen LogP contribution is 2.23. The number of hydrogen-bond acceptors (Lipinski definition) is 1. The van der Waals surface area contributed by atoms with Gasteiger partial charge in [0.25, 0.3) is 0 Å². The average Bonchev–Trinajstić information content (AvgIpc) is 3.02. The minimum atomic E-state index is 0.522. The standard InChI is InChI=1S/C23H18Cl2N2/c24-20-11-10-18(22(25)12-20)13-26-14-19-16-27(15-17-6-2-1-3-7-17)23-9-5-4-8-21(19)23/h1-12,14,16H,13,15H2. The van der Waals surface area contributed by atoms with Gasteiger partial charge in [-0.2, -0.15) is 0 Å². The van der Waals surface area contributed by atoms with Crippen molar-refractivity contribution in [3.05, 3.63) is 106 Å². The summed E-state index contributed by atoms with van der Waals surface area (Å²) in [6.07, 6.45) is 4.08. The largest absolute Gasteiger partial charge is 0.342 e. The van der Waals surface area contributed by atoms with E-state index in [1.807, 2.05) is 24.4 Å². The van der Waals surface area contributed by atoms with Crippen LogP contribution in [0.2, 0.25) is 10.0 Å². The third kappa shape index (κ3) is 4.08. The molecule has 0 unspecified atom stereocenters. The molecule has 0 radical (unpaired) electrons. The van der Waals surface area contributed by atoms with Gasteiger partial charge in [0.1, 0.15) is 0 Å². The molecule has 0 N–H and O–H groups in total. The molecule has 0 aliphatic rings. The van der Waals surface area contributed by atoms with E-state index >= 15 is 0 Å². The number of para-hydroxylation sites is 1. The number of aliphatic imine (C=N–C) groups is 1. The molecular formula is C23H18Cl2N2. The highest BCUT2D eigenvalue weighted by Gasteiger charge is 2.07. The lowest BCUT2D eigenvalue weighted by Crippen LogP contribution is -1.97. The van der Waals surface area contributed by atoms with Crippen LogP contribution >= 0.6 is 23.2 Å². The van der Waals surface area contributed by atoms with Crippen molar-refractivity contribution in [3.8, 4) is 0 Å². The van der Waals surface area contributed by atoms with Gasteiger partial charge in [0.05, 0.1) is 6.54 Å². The van der Waals surface area contributed by atoms with Crippen molar-refractivity contribution < 1.29 is 0 Å². The molecular weight excluding hydrogens is 375 g/mol. The first kappa shape index (κ1) is 17.8. The molecule has 1 aromatic heterocycles. The summed E-state index contributed by atoms with van der Waals surface area (Å²) in [5.41, 5.74) is 4.54. The van der Waals surface area contributed by atoms with Gasteiger partial charge < -0.3 is 4.57 Å². The van der Waals surface area contributed by atoms with Crippen molar-refractivity contribution in [2.75, 3.05) is 0 Å². The first-order valence-electron chi connectivity index (χ1n) is 8.76. The van der Waals surface area contributed by atoms with Gasteiger partial charge in [-0.3, -0.25) is 4.99 Å². The highest BCUT2D eigenvalue weighted by molar-refractivity contribution is 6.35. The van der Waals surface area contributed by atoms with E-state index in [4.69, 9.17) is 23.2 Å². The third-order valence-electron chi connectivity index (χ3n) is 4.52. The van der Waals surface area contributed by atoms with Crippen LogP contribution < -0.4 is 0 Å². The number of rotatable bonds is 5. The number of fused-ring (bicyclic) bond motifs is 1. The number of hydrogen-bond donors (Lipinski definition) is 0. The molecule has 0 saturated carbocycles. The molecule has 4 heteroatoms. The average molecular weight is 393 g/mol. The SMILES string of the molecule is Clc1ccc(CN=Cc2cn(Cc3ccccc3)c3ccccc23)c(Cl)c1. The molecule has 1 heterocycles. The predicted octanol–water partition coefficient (Wildman–Crippen LogP) is 6.62. The number of benzene rings is 3. The third-order valence-corrected chi connectivity index (χ3v) is 5.11. The fourth-order valence-electron chi connectivity index (χ4n) is 3.18. The normalized spacial score (nSPS) is 11.5. The molecule has 27 heavy (non-hydrogen) atoms. The maximum absolute atomic E-state index is 6.24. The molecule has 134 valence electrons. The van der Waals surface area contributed by atoms with Gasteiger partial charge in [-0.15, -0.1) is 0 Å². The molecule has 0 aliphatic heterocycles. The zero-order valence-electron chi connectivity index (χ0n) is 14.6. The van der Waals surface area contributed by atoms with Gasteiger partial charge in [-0.05, 0) is 29.3 Å². The summed E-state index contributed by atoms with van der Waals surface area (Å²) in [6.45, 7) is 1.35. The molecule has 2 nitrogen and oxygen atoms in total. The molecule has 0 aliphatic carbocycles. The Morgan fingerprint density at radius 2 is 1.67 bits per heavy atom. The van der Waals surface area contributed by atoms with Crippen LogP contribution in [-0.4, -0.2) is 10.8 Å². The Kier molecular flexibility index (Phi) is 5.28. The van der Waals surface area contributed by atoms with Crippen LogP contribution in [0, 0.1) is 0 Å². The minimum Gasteiger partial charge on any atom is -0.342 e. The van der Waals surface area contributed by atoms with E-state index < -0.39 is 0 Å². The van der Waals surface area contributed by atoms with E-state index in [2.05, 4.69) is 64.3 Å². The summed E-state index contributed by atoms with van der Waals surface area (Å²) in [6, 6.07) is 24.4. The van der Waals surface area contributed by atoms with Gasteiger partial charge in [0.2, 0.25) is 0 Å². The molecule has 4 aromatic rings. The molecule has 0 amide bonds. The Hall–Kier alpha value is -2.55. The summed E-state index contributed by atoms with van der Waals surface area (Å²) in [5.74, 6) is 0. The van der Waals surface area contributed by atoms with Crippen molar-refractivity contribution in [2.45, 2.75) is 13.1 Å². The summed E-state index contributed by atoms with van der Waals surface area (Å²) in [5, 5.41) is 2.47. The van der Waals surface area contributed by atoms with Gasteiger partial charge in [-0.25, -0.2) is 0 Å². The quantitative estimate of drug-likeness (QED) is 0.339. The number of halogens is 2. The van der Waals surface area contributed by atoms with E-state index in [0.717, 1.165) is 17.7 Å². The second-order valence-electron chi connectivity index (χ2n) is 6.42. The summed E-state index contributed by atoms with van der Waals surface area (Å²) >= 11 is 12.2. The maximum atomic E-state index is 6.24. The molecule has 0 bridgehead atoms.